The fourth-order valence-corrected chi connectivity index (χ4v) is 2.44. The van der Waals surface area contributed by atoms with Crippen molar-refractivity contribution in [2.75, 3.05) is 5.32 Å². The number of nitrogens with one attached hydrogen (secondary N) is 1. The first-order valence-electron chi connectivity index (χ1n) is 8.15. The van der Waals surface area contributed by atoms with Crippen LogP contribution in [0.4, 0.5) is 5.69 Å². The average Bonchev–Trinajstić information content (AvgIpc) is 3.12. The maximum atomic E-state index is 5.23. The molecule has 0 unspecified atom stereocenters. The Morgan fingerprint density at radius 2 is 2.04 bits per heavy atom. The van der Waals surface area contributed by atoms with Crippen LogP contribution in [0.2, 0.25) is 0 Å². The van der Waals surface area contributed by atoms with E-state index < -0.39 is 0 Å². The molecule has 1 fully saturated rings. The Bertz CT molecular complexity index is 817. The lowest BCUT2D eigenvalue weighted by Gasteiger charge is -2.06. The number of nitrogens with zero attached hydrogens (tertiary/aromatic N) is 6. The van der Waals surface area contributed by atoms with Gasteiger partial charge in [-0.15, -0.1) is 5.10 Å². The molecular weight excluding hydrogens is 306 g/mol. The van der Waals surface area contributed by atoms with Crippen LogP contribution in [-0.4, -0.2) is 30.3 Å². The summed E-state index contributed by atoms with van der Waals surface area (Å²) in [5.74, 6) is 2.40. The van der Waals surface area contributed by atoms with Gasteiger partial charge in [-0.1, -0.05) is 19.0 Å². The second kappa shape index (κ2) is 6.03. The van der Waals surface area contributed by atoms with Crippen molar-refractivity contribution in [1.29, 1.82) is 0 Å². The minimum atomic E-state index is 0.263. The van der Waals surface area contributed by atoms with Gasteiger partial charge in [0.2, 0.25) is 5.89 Å². The van der Waals surface area contributed by atoms with Crippen LogP contribution >= 0.6 is 0 Å². The van der Waals surface area contributed by atoms with Crippen molar-refractivity contribution in [1.82, 2.24) is 30.3 Å². The smallest absolute Gasteiger partial charge is 0.245 e. The fraction of sp³-hybridized carbons (Fsp3) is 0.438. The van der Waals surface area contributed by atoms with Gasteiger partial charge in [0.25, 0.3) is 0 Å². The summed E-state index contributed by atoms with van der Waals surface area (Å²) in [5, 5.41) is 19.3. The standard InChI is InChI=1S/C16H19N7O/c1-10(2)15-18-14(24-20-15)9-17-12-5-3-11(4-6-12)16-19-21-22-23(16)13-7-8-13/h3-6,10,13,17H,7-9H2,1-2H3. The van der Waals surface area contributed by atoms with Crippen LogP contribution in [-0.2, 0) is 6.54 Å². The third-order valence-corrected chi connectivity index (χ3v) is 3.97. The van der Waals surface area contributed by atoms with Gasteiger partial charge >= 0.3 is 0 Å². The molecule has 8 heteroatoms. The highest BCUT2D eigenvalue weighted by molar-refractivity contribution is 5.59. The third-order valence-electron chi connectivity index (χ3n) is 3.97. The zero-order valence-electron chi connectivity index (χ0n) is 13.7. The maximum Gasteiger partial charge on any atom is 0.245 e. The molecule has 1 saturated carbocycles. The van der Waals surface area contributed by atoms with Crippen molar-refractivity contribution < 1.29 is 4.52 Å². The van der Waals surface area contributed by atoms with Crippen molar-refractivity contribution in [3.63, 3.8) is 0 Å². The van der Waals surface area contributed by atoms with Gasteiger partial charge in [0.05, 0.1) is 12.6 Å². The van der Waals surface area contributed by atoms with Crippen molar-refractivity contribution in [2.45, 2.75) is 45.2 Å². The molecule has 0 aliphatic heterocycles. The van der Waals surface area contributed by atoms with Crippen LogP contribution in [0.15, 0.2) is 28.8 Å². The van der Waals surface area contributed by atoms with Gasteiger partial charge in [0, 0.05) is 17.2 Å². The first-order valence-corrected chi connectivity index (χ1v) is 8.15. The van der Waals surface area contributed by atoms with E-state index >= 15 is 0 Å². The van der Waals surface area contributed by atoms with Crippen LogP contribution in [0.1, 0.15) is 50.4 Å². The largest absolute Gasteiger partial charge is 0.376 e. The molecule has 0 amide bonds. The van der Waals surface area contributed by atoms with Gasteiger partial charge in [-0.05, 0) is 47.5 Å². The summed E-state index contributed by atoms with van der Waals surface area (Å²) in [6.45, 7) is 4.57. The van der Waals surface area contributed by atoms with Gasteiger partial charge in [0.15, 0.2) is 11.6 Å². The van der Waals surface area contributed by atoms with Crippen molar-refractivity contribution in [2.24, 2.45) is 0 Å². The van der Waals surface area contributed by atoms with Crippen LogP contribution in [0.25, 0.3) is 11.4 Å². The summed E-state index contributed by atoms with van der Waals surface area (Å²) in [6, 6.07) is 8.49. The van der Waals surface area contributed by atoms with Gasteiger partial charge in [-0.2, -0.15) is 4.98 Å². The Kier molecular flexibility index (Phi) is 3.72. The van der Waals surface area contributed by atoms with E-state index in [1.807, 2.05) is 42.8 Å². The van der Waals surface area contributed by atoms with Crippen LogP contribution in [0, 0.1) is 0 Å². The molecule has 2 aromatic heterocycles. The second-order valence-electron chi connectivity index (χ2n) is 6.31. The number of aromatic nitrogens is 6. The Morgan fingerprint density at radius 3 is 2.71 bits per heavy atom. The van der Waals surface area contributed by atoms with Crippen LogP contribution in [0.5, 0.6) is 0 Å². The van der Waals surface area contributed by atoms with E-state index in [1.54, 1.807) is 0 Å². The Hall–Kier alpha value is -2.77. The van der Waals surface area contributed by atoms with E-state index in [0.717, 1.165) is 35.7 Å². The predicted molar refractivity (Wildman–Crippen MR) is 87.2 cm³/mol. The summed E-state index contributed by atoms with van der Waals surface area (Å²) in [6.07, 6.45) is 2.31. The number of anilines is 1. The molecule has 0 saturated heterocycles. The SMILES string of the molecule is CC(C)c1noc(CNc2ccc(-c3nnnn3C3CC3)cc2)n1. The van der Waals surface area contributed by atoms with E-state index in [4.69, 9.17) is 4.52 Å². The quantitative estimate of drug-likeness (QED) is 0.744. The molecule has 1 aromatic carbocycles. The Balaban J connectivity index is 1.42. The summed E-state index contributed by atoms with van der Waals surface area (Å²) < 4.78 is 7.14. The molecule has 4 rings (SSSR count). The molecule has 8 nitrogen and oxygen atoms in total. The van der Waals surface area contributed by atoms with Gasteiger partial charge < -0.3 is 9.84 Å². The molecule has 124 valence electrons. The molecule has 0 spiro atoms. The lowest BCUT2D eigenvalue weighted by molar-refractivity contribution is 0.376. The van der Waals surface area contributed by atoms with Crippen LogP contribution in [0.3, 0.4) is 0 Å². The molecule has 0 radical (unpaired) electrons. The maximum absolute atomic E-state index is 5.23. The minimum absolute atomic E-state index is 0.263. The first-order chi connectivity index (χ1) is 11.7. The van der Waals surface area contributed by atoms with E-state index in [2.05, 4.69) is 31.0 Å². The van der Waals surface area contributed by atoms with Gasteiger partial charge in [0.1, 0.15) is 0 Å². The molecule has 2 heterocycles. The van der Waals surface area contributed by atoms with E-state index in [1.165, 1.54) is 0 Å². The summed E-state index contributed by atoms with van der Waals surface area (Å²) in [5.41, 5.74) is 1.99. The average molecular weight is 325 g/mol. The highest BCUT2D eigenvalue weighted by Crippen LogP contribution is 2.36. The number of hydrogen-bond donors (Lipinski definition) is 1. The predicted octanol–water partition coefficient (Wildman–Crippen LogP) is 2.79. The molecule has 0 bridgehead atoms. The summed E-state index contributed by atoms with van der Waals surface area (Å²) in [4.78, 5) is 4.35. The van der Waals surface area contributed by atoms with Crippen molar-refractivity contribution >= 4 is 5.69 Å². The Morgan fingerprint density at radius 1 is 1.25 bits per heavy atom. The zero-order chi connectivity index (χ0) is 16.5. The molecule has 0 atom stereocenters. The summed E-state index contributed by atoms with van der Waals surface area (Å²) >= 11 is 0. The number of rotatable bonds is 6. The molecule has 24 heavy (non-hydrogen) atoms. The van der Waals surface area contributed by atoms with E-state index in [9.17, 15) is 0 Å². The monoisotopic (exact) mass is 325 g/mol. The topological polar surface area (TPSA) is 94.5 Å². The third kappa shape index (κ3) is 2.99. The lowest BCUT2D eigenvalue weighted by Crippen LogP contribution is -2.01. The molecule has 1 N–H and O–H groups in total. The highest BCUT2D eigenvalue weighted by atomic mass is 16.5. The number of tetrazole rings is 1. The Labute approximate surface area is 139 Å². The molecule has 3 aromatic rings. The lowest BCUT2D eigenvalue weighted by atomic mass is 10.2. The van der Waals surface area contributed by atoms with Gasteiger partial charge in [-0.3, -0.25) is 0 Å². The van der Waals surface area contributed by atoms with Gasteiger partial charge in [-0.25, -0.2) is 4.68 Å². The number of hydrogen-bond acceptors (Lipinski definition) is 7. The molecular formula is C16H19N7O. The summed E-state index contributed by atoms with van der Waals surface area (Å²) in [7, 11) is 0. The minimum Gasteiger partial charge on any atom is -0.376 e. The van der Waals surface area contributed by atoms with E-state index in [0.29, 0.717) is 18.5 Å². The first kappa shape index (κ1) is 14.8. The normalized spacial score (nSPS) is 14.3. The van der Waals surface area contributed by atoms with Crippen molar-refractivity contribution in [3.05, 3.63) is 36.0 Å². The zero-order valence-corrected chi connectivity index (χ0v) is 13.7. The van der Waals surface area contributed by atoms with E-state index in [-0.39, 0.29) is 5.92 Å². The highest BCUT2D eigenvalue weighted by Gasteiger charge is 2.28. The second-order valence-corrected chi connectivity index (χ2v) is 6.31. The number of benzene rings is 1. The molecule has 1 aliphatic rings. The molecule has 1 aliphatic carbocycles. The fourth-order valence-electron chi connectivity index (χ4n) is 2.44. The van der Waals surface area contributed by atoms with Crippen molar-refractivity contribution in [3.8, 4) is 11.4 Å². The van der Waals surface area contributed by atoms with Crippen LogP contribution < -0.4 is 5.32 Å².